The molecule has 1 aromatic heterocycles. The van der Waals surface area contributed by atoms with Crippen LogP contribution in [0.3, 0.4) is 0 Å². The molecule has 0 radical (unpaired) electrons. The van der Waals surface area contributed by atoms with Crippen LogP contribution in [0.2, 0.25) is 0 Å². The molecule has 1 unspecified atom stereocenters. The largest absolute Gasteiger partial charge is 0.494 e. The van der Waals surface area contributed by atoms with Crippen LogP contribution in [0.25, 0.3) is 11.5 Å². The van der Waals surface area contributed by atoms with Gasteiger partial charge in [0.15, 0.2) is 17.4 Å². The fourth-order valence-electron chi connectivity index (χ4n) is 1.46. The number of methoxy groups -OCH3 is 1. The summed E-state index contributed by atoms with van der Waals surface area (Å²) < 4.78 is 23.4. The summed E-state index contributed by atoms with van der Waals surface area (Å²) in [4.78, 5) is 4.13. The minimum absolute atomic E-state index is 0.169. The first-order valence-corrected chi connectivity index (χ1v) is 5.91. The third-order valence-electron chi connectivity index (χ3n) is 2.48. The molecular weight excluding hydrogens is 259 g/mol. The lowest BCUT2D eigenvalue weighted by Gasteiger charge is -2.01. The van der Waals surface area contributed by atoms with Crippen LogP contribution in [0, 0.1) is 5.82 Å². The lowest BCUT2D eigenvalue weighted by atomic mass is 10.2. The monoisotopic (exact) mass is 270 g/mol. The Bertz CT molecular complexity index is 545. The van der Waals surface area contributed by atoms with Crippen molar-refractivity contribution in [2.24, 2.45) is 0 Å². The Morgan fingerprint density at radius 2 is 2.28 bits per heavy atom. The molecule has 1 atom stereocenters. The van der Waals surface area contributed by atoms with Crippen LogP contribution in [0.15, 0.2) is 22.7 Å². The number of rotatable bonds is 4. The highest BCUT2D eigenvalue weighted by Gasteiger charge is 2.16. The van der Waals surface area contributed by atoms with Gasteiger partial charge in [-0.2, -0.15) is 4.98 Å². The van der Waals surface area contributed by atoms with Gasteiger partial charge in [0.2, 0.25) is 0 Å². The molecule has 96 valence electrons. The van der Waals surface area contributed by atoms with Gasteiger partial charge in [0, 0.05) is 5.56 Å². The Morgan fingerprint density at radius 3 is 2.89 bits per heavy atom. The fourth-order valence-corrected chi connectivity index (χ4v) is 1.55. The Kier molecular flexibility index (Phi) is 3.81. The fraction of sp³-hybridized carbons (Fsp3) is 0.333. The van der Waals surface area contributed by atoms with E-state index in [2.05, 4.69) is 10.1 Å². The number of halogens is 2. The summed E-state index contributed by atoms with van der Waals surface area (Å²) in [6, 6.07) is 4.44. The van der Waals surface area contributed by atoms with E-state index in [1.807, 2.05) is 6.92 Å². The van der Waals surface area contributed by atoms with Gasteiger partial charge >= 0.3 is 0 Å². The molecule has 1 heterocycles. The van der Waals surface area contributed by atoms with Crippen molar-refractivity contribution in [3.63, 3.8) is 0 Å². The van der Waals surface area contributed by atoms with Gasteiger partial charge in [0.05, 0.1) is 12.5 Å². The third-order valence-corrected chi connectivity index (χ3v) is 2.98. The molecule has 2 rings (SSSR count). The number of aromatic nitrogens is 2. The molecule has 6 heteroatoms. The topological polar surface area (TPSA) is 48.2 Å². The smallest absolute Gasteiger partial charge is 0.258 e. The summed E-state index contributed by atoms with van der Waals surface area (Å²) >= 11 is 5.99. The second-order valence-electron chi connectivity index (χ2n) is 3.68. The third kappa shape index (κ3) is 2.46. The Labute approximate surface area is 109 Å². The van der Waals surface area contributed by atoms with Crippen LogP contribution in [0.1, 0.15) is 24.5 Å². The summed E-state index contributed by atoms with van der Waals surface area (Å²) in [7, 11) is 1.40. The van der Waals surface area contributed by atoms with Gasteiger partial charge in [0.1, 0.15) is 0 Å². The molecule has 0 saturated carbocycles. The lowest BCUT2D eigenvalue weighted by Crippen LogP contribution is -1.91. The van der Waals surface area contributed by atoms with Gasteiger partial charge in [-0.3, -0.25) is 0 Å². The van der Waals surface area contributed by atoms with E-state index in [9.17, 15) is 4.39 Å². The summed E-state index contributed by atoms with van der Waals surface area (Å²) in [5, 5.41) is 3.46. The van der Waals surface area contributed by atoms with Crippen LogP contribution < -0.4 is 4.74 Å². The first-order chi connectivity index (χ1) is 8.65. The lowest BCUT2D eigenvalue weighted by molar-refractivity contribution is 0.386. The van der Waals surface area contributed by atoms with E-state index in [0.29, 0.717) is 17.8 Å². The van der Waals surface area contributed by atoms with E-state index in [0.717, 1.165) is 0 Å². The molecule has 2 aromatic rings. The standard InChI is InChI=1S/C12H12ClFN2O2/c1-3-8(13)11-15-12(18-16-11)7-4-5-10(17-2)9(14)6-7/h4-6,8H,3H2,1-2H3. The summed E-state index contributed by atoms with van der Waals surface area (Å²) in [5.74, 6) is 0.339. The molecule has 0 N–H and O–H groups in total. The molecule has 0 fully saturated rings. The Morgan fingerprint density at radius 1 is 1.50 bits per heavy atom. The number of alkyl halides is 1. The van der Waals surface area contributed by atoms with Crippen molar-refractivity contribution in [3.05, 3.63) is 29.8 Å². The minimum Gasteiger partial charge on any atom is -0.494 e. The van der Waals surface area contributed by atoms with Crippen molar-refractivity contribution < 1.29 is 13.7 Å². The summed E-state index contributed by atoms with van der Waals surface area (Å²) in [5.41, 5.74) is 0.493. The molecule has 0 aliphatic rings. The van der Waals surface area contributed by atoms with Gasteiger partial charge in [-0.1, -0.05) is 12.1 Å². The summed E-state index contributed by atoms with van der Waals surface area (Å²) in [6.07, 6.45) is 0.692. The zero-order valence-corrected chi connectivity index (χ0v) is 10.7. The van der Waals surface area contributed by atoms with Crippen LogP contribution in [-0.4, -0.2) is 17.3 Å². The molecule has 0 bridgehead atoms. The molecule has 0 spiro atoms. The first kappa shape index (κ1) is 12.8. The van der Waals surface area contributed by atoms with Crippen LogP contribution in [0.5, 0.6) is 5.75 Å². The molecule has 1 aromatic carbocycles. The van der Waals surface area contributed by atoms with Gasteiger partial charge in [-0.15, -0.1) is 11.6 Å². The van der Waals surface area contributed by atoms with Crippen molar-refractivity contribution in [1.82, 2.24) is 10.1 Å². The maximum absolute atomic E-state index is 13.5. The molecule has 0 amide bonds. The van der Waals surface area contributed by atoms with Gasteiger partial charge in [-0.05, 0) is 24.6 Å². The van der Waals surface area contributed by atoms with Crippen LogP contribution in [0.4, 0.5) is 4.39 Å². The predicted octanol–water partition coefficient (Wildman–Crippen LogP) is 3.57. The SMILES string of the molecule is CCC(Cl)c1noc(-c2ccc(OC)c(F)c2)n1. The van der Waals surface area contributed by atoms with Crippen molar-refractivity contribution >= 4 is 11.6 Å². The van der Waals surface area contributed by atoms with Gasteiger partial charge in [0.25, 0.3) is 5.89 Å². The highest BCUT2D eigenvalue weighted by molar-refractivity contribution is 6.20. The second-order valence-corrected chi connectivity index (χ2v) is 4.21. The van der Waals surface area contributed by atoms with E-state index < -0.39 is 5.82 Å². The molecule has 0 aliphatic carbocycles. The van der Waals surface area contributed by atoms with E-state index in [1.165, 1.54) is 19.2 Å². The molecular formula is C12H12ClFN2O2. The zero-order valence-electron chi connectivity index (χ0n) is 9.98. The molecule has 4 nitrogen and oxygen atoms in total. The van der Waals surface area contributed by atoms with Crippen molar-refractivity contribution in [2.45, 2.75) is 18.7 Å². The van der Waals surface area contributed by atoms with E-state index >= 15 is 0 Å². The van der Waals surface area contributed by atoms with E-state index in [1.54, 1.807) is 6.07 Å². The van der Waals surface area contributed by atoms with Gasteiger partial charge in [-0.25, -0.2) is 4.39 Å². The number of ether oxygens (including phenoxy) is 1. The predicted molar refractivity (Wildman–Crippen MR) is 65.1 cm³/mol. The average molecular weight is 271 g/mol. The normalized spacial score (nSPS) is 12.4. The summed E-state index contributed by atoms with van der Waals surface area (Å²) in [6.45, 7) is 1.92. The maximum atomic E-state index is 13.5. The Balaban J connectivity index is 2.31. The Hall–Kier alpha value is -1.62. The highest BCUT2D eigenvalue weighted by atomic mass is 35.5. The van der Waals surface area contributed by atoms with Crippen LogP contribution in [-0.2, 0) is 0 Å². The van der Waals surface area contributed by atoms with Crippen LogP contribution >= 0.6 is 11.6 Å². The van der Waals surface area contributed by atoms with Gasteiger partial charge < -0.3 is 9.26 Å². The van der Waals surface area contributed by atoms with E-state index in [4.69, 9.17) is 20.9 Å². The number of nitrogens with zero attached hydrogens (tertiary/aromatic N) is 2. The number of hydrogen-bond donors (Lipinski definition) is 0. The average Bonchev–Trinajstić information content (AvgIpc) is 2.87. The zero-order chi connectivity index (χ0) is 13.1. The maximum Gasteiger partial charge on any atom is 0.258 e. The first-order valence-electron chi connectivity index (χ1n) is 5.47. The molecule has 18 heavy (non-hydrogen) atoms. The minimum atomic E-state index is -0.479. The van der Waals surface area contributed by atoms with Crippen molar-refractivity contribution in [1.29, 1.82) is 0 Å². The van der Waals surface area contributed by atoms with E-state index in [-0.39, 0.29) is 17.0 Å². The number of benzene rings is 1. The second kappa shape index (κ2) is 5.35. The quantitative estimate of drug-likeness (QED) is 0.797. The highest BCUT2D eigenvalue weighted by Crippen LogP contribution is 2.27. The van der Waals surface area contributed by atoms with Crippen molar-refractivity contribution in [2.75, 3.05) is 7.11 Å². The molecule has 0 saturated heterocycles. The van der Waals surface area contributed by atoms with Crippen molar-refractivity contribution in [3.8, 4) is 17.2 Å². The molecule has 0 aliphatic heterocycles. The number of hydrogen-bond acceptors (Lipinski definition) is 4.